The van der Waals surface area contributed by atoms with Crippen molar-refractivity contribution in [1.82, 2.24) is 0 Å². The molecule has 0 saturated heterocycles. The monoisotopic (exact) mass is 741 g/mol. The molecule has 282 valence electrons. The van der Waals surface area contributed by atoms with E-state index in [1.807, 2.05) is 0 Å². The molecule has 3 heteroatoms. The highest BCUT2D eigenvalue weighted by Gasteiger charge is 2.43. The lowest BCUT2D eigenvalue weighted by Gasteiger charge is -2.40. The summed E-state index contributed by atoms with van der Waals surface area (Å²) in [5, 5.41) is 1.45. The van der Waals surface area contributed by atoms with Gasteiger partial charge in [0.05, 0.1) is 0 Å². The summed E-state index contributed by atoms with van der Waals surface area (Å²) in [7, 11) is 0. The van der Waals surface area contributed by atoms with Crippen molar-refractivity contribution in [2.24, 2.45) is 0 Å². The minimum atomic E-state index is 0.0220. The fourth-order valence-electron chi connectivity index (χ4n) is 9.15. The number of nitrogens with zero attached hydrogens (tertiary/aromatic N) is 1. The molecule has 1 nitrogen and oxygen atoms in total. The van der Waals surface area contributed by atoms with Gasteiger partial charge in [-0.2, -0.15) is 0 Å². The maximum atomic E-state index is 2.59. The summed E-state index contributed by atoms with van der Waals surface area (Å²) in [6.07, 6.45) is 2.11. The molecule has 0 saturated carbocycles. The summed E-state index contributed by atoms with van der Waals surface area (Å²) in [4.78, 5) is 2.59. The number of thiophene rings is 1. The Hall–Kier alpha value is -4.08. The average Bonchev–Trinajstić information content (AvgIpc) is 3.46. The molecule has 0 bridgehead atoms. The molecule has 0 N–H and O–H groups in total. The number of aryl methyl sites for hydroxylation is 2. The van der Waals surface area contributed by atoms with E-state index in [0.717, 1.165) is 12.8 Å². The van der Waals surface area contributed by atoms with E-state index in [1.54, 1.807) is 5.56 Å². The number of anilines is 3. The predicted molar refractivity (Wildman–Crippen MR) is 244 cm³/mol. The fourth-order valence-corrected chi connectivity index (χ4v) is 10.5. The Labute approximate surface area is 336 Å². The zero-order valence-corrected chi connectivity index (χ0v) is 36.5. The van der Waals surface area contributed by atoms with Gasteiger partial charge in [0.2, 0.25) is 0 Å². The smallest absolute Gasteiger partial charge is 0.259 e. The van der Waals surface area contributed by atoms with Gasteiger partial charge in [0.15, 0.2) is 0 Å². The zero-order valence-electron chi connectivity index (χ0n) is 35.7. The molecule has 2 aliphatic heterocycles. The van der Waals surface area contributed by atoms with Gasteiger partial charge in [0.1, 0.15) is 0 Å². The molecule has 0 fully saturated rings. The molecule has 6 aromatic rings. The van der Waals surface area contributed by atoms with Crippen molar-refractivity contribution in [3.05, 3.63) is 142 Å². The molecule has 55 heavy (non-hydrogen) atoms. The quantitative estimate of drug-likeness (QED) is 0.160. The van der Waals surface area contributed by atoms with Gasteiger partial charge in [-0.25, -0.2) is 0 Å². The lowest BCUT2D eigenvalue weighted by molar-refractivity contribution is 0.589. The van der Waals surface area contributed by atoms with Crippen molar-refractivity contribution in [1.29, 1.82) is 0 Å². The second kappa shape index (κ2) is 13.0. The molecule has 3 heterocycles. The van der Waals surface area contributed by atoms with Gasteiger partial charge in [0.25, 0.3) is 6.71 Å². The van der Waals surface area contributed by atoms with Crippen LogP contribution in [0.3, 0.4) is 0 Å². The molecular weight excluding hydrogens is 681 g/mol. The minimum Gasteiger partial charge on any atom is -0.312 e. The maximum absolute atomic E-state index is 2.59. The standard InChI is InChI=1S/C52H60BNS/c1-32-28-34-16-25-40(33-14-17-35(18-15-33)49(2,3)4)46-41-30-37(51(8,9)10)22-27-45(41)55-48(46)53-42-31-38(52(11,12)13)21-26-43(42)54(44(29-32)47(34)53)39-23-19-36(20-24-39)50(5,6)7/h14-15,17-24,26-31,40H,16,25H2,1-13H3. The SMILES string of the molecule is Cc1cc2c3c(c1)N(c1ccc(C(C)(C)C)cc1)c1ccc(C(C)(C)C)cc1B3c1sc3ccc(C(C)(C)C)cc3c1C(c1ccc(C(C)(C)C)cc1)CC2. The van der Waals surface area contributed by atoms with Crippen molar-refractivity contribution in [3.63, 3.8) is 0 Å². The Morgan fingerprint density at radius 2 is 1.13 bits per heavy atom. The highest BCUT2D eigenvalue weighted by Crippen LogP contribution is 2.45. The van der Waals surface area contributed by atoms with E-state index in [9.17, 15) is 0 Å². The molecule has 0 radical (unpaired) electrons. The Kier molecular flexibility index (Phi) is 8.93. The van der Waals surface area contributed by atoms with Gasteiger partial charge in [-0.05, 0) is 138 Å². The second-order valence-corrected chi connectivity index (χ2v) is 21.8. The first-order valence-corrected chi connectivity index (χ1v) is 21.4. The van der Waals surface area contributed by atoms with Crippen molar-refractivity contribution >= 4 is 60.9 Å². The van der Waals surface area contributed by atoms with Crippen LogP contribution in [0.2, 0.25) is 0 Å². The number of benzene rings is 5. The molecule has 8 rings (SSSR count). The molecule has 5 aromatic carbocycles. The molecule has 1 atom stereocenters. The summed E-state index contributed by atoms with van der Waals surface area (Å²) >= 11 is 2.05. The molecule has 1 unspecified atom stereocenters. The Morgan fingerprint density at radius 1 is 0.582 bits per heavy atom. The van der Waals surface area contributed by atoms with Crippen molar-refractivity contribution < 1.29 is 0 Å². The summed E-state index contributed by atoms with van der Waals surface area (Å²) in [6, 6.07) is 38.9. The van der Waals surface area contributed by atoms with Crippen LogP contribution < -0.4 is 20.6 Å². The van der Waals surface area contributed by atoms with E-state index in [1.165, 1.54) is 81.8 Å². The number of fused-ring (bicyclic) bond motifs is 6. The molecule has 0 amide bonds. The zero-order chi connectivity index (χ0) is 39.4. The Balaban J connectivity index is 1.45. The average molecular weight is 742 g/mol. The first kappa shape index (κ1) is 37.8. The summed E-state index contributed by atoms with van der Waals surface area (Å²) < 4.78 is 2.92. The van der Waals surface area contributed by atoms with Crippen LogP contribution in [0.15, 0.2) is 97.1 Å². The topological polar surface area (TPSA) is 3.24 Å². The van der Waals surface area contributed by atoms with Crippen LogP contribution in [-0.4, -0.2) is 6.71 Å². The van der Waals surface area contributed by atoms with Gasteiger partial charge in [-0.15, -0.1) is 11.3 Å². The molecule has 0 aliphatic carbocycles. The van der Waals surface area contributed by atoms with E-state index < -0.39 is 0 Å². The predicted octanol–water partition coefficient (Wildman–Crippen LogP) is 12.8. The van der Waals surface area contributed by atoms with Crippen LogP contribution in [0.4, 0.5) is 17.1 Å². The van der Waals surface area contributed by atoms with Gasteiger partial charge < -0.3 is 4.90 Å². The highest BCUT2D eigenvalue weighted by atomic mass is 32.1. The summed E-state index contributed by atoms with van der Waals surface area (Å²) in [5.41, 5.74) is 18.5. The van der Waals surface area contributed by atoms with Crippen molar-refractivity contribution in [2.75, 3.05) is 4.90 Å². The van der Waals surface area contributed by atoms with Crippen LogP contribution in [0.5, 0.6) is 0 Å². The van der Waals surface area contributed by atoms with Gasteiger partial charge in [0, 0.05) is 27.7 Å². The molecule has 1 aromatic heterocycles. The van der Waals surface area contributed by atoms with E-state index in [0.29, 0.717) is 5.92 Å². The lowest BCUT2D eigenvalue weighted by Crippen LogP contribution is -2.59. The van der Waals surface area contributed by atoms with Gasteiger partial charge in [-0.1, -0.05) is 149 Å². The van der Waals surface area contributed by atoms with Crippen LogP contribution >= 0.6 is 11.3 Å². The number of hydrogen-bond donors (Lipinski definition) is 0. The first-order valence-electron chi connectivity index (χ1n) is 20.6. The van der Waals surface area contributed by atoms with E-state index in [2.05, 4.69) is 203 Å². The largest absolute Gasteiger partial charge is 0.312 e. The number of hydrogen-bond acceptors (Lipinski definition) is 2. The third-order valence-corrected chi connectivity index (χ3v) is 13.7. The van der Waals surface area contributed by atoms with Gasteiger partial charge >= 0.3 is 0 Å². The van der Waals surface area contributed by atoms with Crippen molar-refractivity contribution in [2.45, 2.75) is 130 Å². The van der Waals surface area contributed by atoms with Crippen molar-refractivity contribution in [3.8, 4) is 0 Å². The first-order chi connectivity index (χ1) is 25.7. The highest BCUT2D eigenvalue weighted by molar-refractivity contribution is 7.32. The normalized spacial score (nSPS) is 16.1. The minimum absolute atomic E-state index is 0.0220. The Bertz CT molecular complexity index is 2420. The second-order valence-electron chi connectivity index (χ2n) is 20.7. The van der Waals surface area contributed by atoms with E-state index in [-0.39, 0.29) is 28.4 Å². The number of rotatable bonds is 2. The summed E-state index contributed by atoms with van der Waals surface area (Å²) in [6.45, 7) is 30.4. The summed E-state index contributed by atoms with van der Waals surface area (Å²) in [5.74, 6) is 0.294. The Morgan fingerprint density at radius 3 is 1.73 bits per heavy atom. The molecular formula is C52H60BNS. The molecule has 2 aliphatic rings. The van der Waals surface area contributed by atoms with E-state index in [4.69, 9.17) is 0 Å². The molecule has 0 spiro atoms. The lowest BCUT2D eigenvalue weighted by atomic mass is 9.35. The fraction of sp³-hybridized carbons (Fsp3) is 0.385. The van der Waals surface area contributed by atoms with E-state index >= 15 is 0 Å². The van der Waals surface area contributed by atoms with Gasteiger partial charge in [-0.3, -0.25) is 0 Å². The van der Waals surface area contributed by atoms with Crippen LogP contribution in [0.1, 0.15) is 140 Å². The van der Waals surface area contributed by atoms with Crippen LogP contribution in [-0.2, 0) is 28.1 Å². The third-order valence-electron chi connectivity index (χ3n) is 12.5. The van der Waals surface area contributed by atoms with Crippen LogP contribution in [0, 0.1) is 6.92 Å². The maximum Gasteiger partial charge on any atom is 0.259 e. The van der Waals surface area contributed by atoms with Crippen LogP contribution in [0.25, 0.3) is 10.1 Å². The third kappa shape index (κ3) is 6.69.